The molecule has 1 aliphatic heterocycles. The number of hydrogen-bond donors (Lipinski definition) is 1. The monoisotopic (exact) mass is 327 g/mol. The number of aryl methyl sites for hydroxylation is 2. The molecule has 1 saturated carbocycles. The van der Waals surface area contributed by atoms with Gasteiger partial charge in [-0.3, -0.25) is 14.5 Å². The van der Waals surface area contributed by atoms with Crippen LogP contribution in [-0.2, 0) is 9.59 Å². The van der Waals surface area contributed by atoms with E-state index in [1.54, 1.807) is 6.07 Å². The Morgan fingerprint density at radius 1 is 0.917 bits per heavy atom. The summed E-state index contributed by atoms with van der Waals surface area (Å²) >= 11 is 0. The van der Waals surface area contributed by atoms with Crippen molar-refractivity contribution >= 4 is 17.4 Å². The van der Waals surface area contributed by atoms with Gasteiger partial charge in [0.1, 0.15) is 0 Å². The first-order valence-corrected chi connectivity index (χ1v) is 8.89. The highest BCUT2D eigenvalue weighted by atomic mass is 16.3. The van der Waals surface area contributed by atoms with Gasteiger partial charge in [0.25, 0.3) is 11.8 Å². The van der Waals surface area contributed by atoms with Crippen LogP contribution in [0.15, 0.2) is 24.0 Å². The highest BCUT2D eigenvalue weighted by Crippen LogP contribution is 2.33. The molecule has 0 aromatic heterocycles. The molecule has 0 unspecified atom stereocenters. The number of carbonyl (C=O) groups excluding carboxylic acids is 2. The Morgan fingerprint density at radius 3 is 2.17 bits per heavy atom. The molecule has 128 valence electrons. The molecule has 1 fully saturated rings. The lowest BCUT2D eigenvalue weighted by Gasteiger charge is -2.28. The number of carbonyl (C=O) groups is 2. The van der Waals surface area contributed by atoms with E-state index in [9.17, 15) is 14.7 Å². The normalized spacial score (nSPS) is 20.5. The van der Waals surface area contributed by atoms with Crippen LogP contribution in [0.25, 0.3) is 5.57 Å². The number of imide groups is 1. The van der Waals surface area contributed by atoms with Crippen LogP contribution in [0.5, 0.6) is 0 Å². The topological polar surface area (TPSA) is 57.6 Å². The second-order valence-corrected chi connectivity index (χ2v) is 7.00. The van der Waals surface area contributed by atoms with Gasteiger partial charge in [0.05, 0.1) is 5.57 Å². The minimum atomic E-state index is -0.529. The number of aliphatic hydroxyl groups is 1. The maximum atomic E-state index is 12.9. The summed E-state index contributed by atoms with van der Waals surface area (Å²) in [6.07, 6.45) is 7.26. The number of amides is 2. The van der Waals surface area contributed by atoms with Crippen molar-refractivity contribution in [2.45, 2.75) is 64.8 Å². The minimum Gasteiger partial charge on any atom is -0.502 e. The zero-order valence-electron chi connectivity index (χ0n) is 14.5. The van der Waals surface area contributed by atoms with E-state index in [0.29, 0.717) is 5.56 Å². The summed E-state index contributed by atoms with van der Waals surface area (Å²) in [7, 11) is 0. The van der Waals surface area contributed by atoms with Gasteiger partial charge >= 0.3 is 0 Å². The summed E-state index contributed by atoms with van der Waals surface area (Å²) in [6.45, 7) is 3.96. The van der Waals surface area contributed by atoms with E-state index in [0.717, 1.165) is 49.7 Å². The molecule has 0 spiro atoms. The largest absolute Gasteiger partial charge is 0.502 e. The lowest BCUT2D eigenvalue weighted by Crippen LogP contribution is -2.41. The lowest BCUT2D eigenvalue weighted by molar-refractivity contribution is -0.141. The molecule has 0 saturated heterocycles. The fraction of sp³-hybridized carbons (Fsp3) is 0.500. The summed E-state index contributed by atoms with van der Waals surface area (Å²) < 4.78 is 0. The van der Waals surface area contributed by atoms with Crippen LogP contribution < -0.4 is 0 Å². The van der Waals surface area contributed by atoms with Crippen molar-refractivity contribution in [3.05, 3.63) is 40.6 Å². The van der Waals surface area contributed by atoms with Crippen LogP contribution in [0.3, 0.4) is 0 Å². The number of benzene rings is 1. The smallest absolute Gasteiger partial charge is 0.296 e. The van der Waals surface area contributed by atoms with Crippen LogP contribution in [0.4, 0.5) is 0 Å². The van der Waals surface area contributed by atoms with Crippen molar-refractivity contribution in [2.24, 2.45) is 0 Å². The molecule has 4 heteroatoms. The Hall–Kier alpha value is -2.10. The summed E-state index contributed by atoms with van der Waals surface area (Å²) in [5.41, 5.74) is 2.94. The number of hydrogen-bond acceptors (Lipinski definition) is 3. The molecule has 0 radical (unpaired) electrons. The minimum absolute atomic E-state index is 0.0866. The van der Waals surface area contributed by atoms with Crippen molar-refractivity contribution < 1.29 is 14.7 Å². The van der Waals surface area contributed by atoms with E-state index < -0.39 is 11.7 Å². The molecule has 1 N–H and O–H groups in total. The third-order valence-electron chi connectivity index (χ3n) is 5.33. The van der Waals surface area contributed by atoms with Gasteiger partial charge in [0, 0.05) is 6.04 Å². The first-order valence-electron chi connectivity index (χ1n) is 8.89. The molecule has 1 aromatic carbocycles. The molecule has 24 heavy (non-hydrogen) atoms. The molecular weight excluding hydrogens is 302 g/mol. The van der Waals surface area contributed by atoms with Crippen LogP contribution in [0, 0.1) is 13.8 Å². The first kappa shape index (κ1) is 16.7. The molecule has 1 heterocycles. The van der Waals surface area contributed by atoms with E-state index in [2.05, 4.69) is 0 Å². The van der Waals surface area contributed by atoms with Crippen LogP contribution >= 0.6 is 0 Å². The van der Waals surface area contributed by atoms with Gasteiger partial charge in [-0.2, -0.15) is 0 Å². The van der Waals surface area contributed by atoms with Gasteiger partial charge < -0.3 is 5.11 Å². The van der Waals surface area contributed by atoms with Crippen molar-refractivity contribution in [3.8, 4) is 0 Å². The molecule has 0 atom stereocenters. The van der Waals surface area contributed by atoms with Crippen LogP contribution in [0.2, 0.25) is 0 Å². The fourth-order valence-electron chi connectivity index (χ4n) is 3.72. The Morgan fingerprint density at radius 2 is 1.54 bits per heavy atom. The van der Waals surface area contributed by atoms with Gasteiger partial charge in [-0.1, -0.05) is 50.3 Å². The van der Waals surface area contributed by atoms with Crippen LogP contribution in [-0.4, -0.2) is 27.9 Å². The van der Waals surface area contributed by atoms with Gasteiger partial charge in [0.2, 0.25) is 0 Å². The lowest BCUT2D eigenvalue weighted by atomic mass is 9.95. The van der Waals surface area contributed by atoms with Crippen molar-refractivity contribution in [2.75, 3.05) is 0 Å². The zero-order valence-corrected chi connectivity index (χ0v) is 14.5. The Bertz CT molecular complexity index is 697. The zero-order chi connectivity index (χ0) is 17.3. The maximum Gasteiger partial charge on any atom is 0.296 e. The summed E-state index contributed by atoms with van der Waals surface area (Å²) in [5, 5.41) is 10.3. The van der Waals surface area contributed by atoms with E-state index in [1.165, 1.54) is 11.3 Å². The van der Waals surface area contributed by atoms with Crippen molar-refractivity contribution in [1.82, 2.24) is 4.90 Å². The quantitative estimate of drug-likeness (QED) is 0.834. The second kappa shape index (κ2) is 6.80. The first-order chi connectivity index (χ1) is 11.5. The van der Waals surface area contributed by atoms with Gasteiger partial charge in [0.15, 0.2) is 5.76 Å². The number of aliphatic hydroxyl groups excluding tert-OH is 1. The molecule has 3 rings (SSSR count). The third kappa shape index (κ3) is 2.97. The maximum absolute atomic E-state index is 12.9. The fourth-order valence-corrected chi connectivity index (χ4v) is 3.72. The summed E-state index contributed by atoms with van der Waals surface area (Å²) in [6, 6.07) is 5.51. The van der Waals surface area contributed by atoms with E-state index in [4.69, 9.17) is 0 Å². The molecular formula is C20H25NO3. The summed E-state index contributed by atoms with van der Waals surface area (Å²) in [4.78, 5) is 26.8. The highest BCUT2D eigenvalue weighted by molar-refractivity contribution is 6.35. The van der Waals surface area contributed by atoms with Gasteiger partial charge in [-0.05, 0) is 43.4 Å². The standard InChI is InChI=1S/C20H25NO3/c1-13-10-11-15(12-14(13)2)17-18(22)20(24)21(19(17)23)16-8-6-4-3-5-7-9-16/h10-12,16,22H,3-9H2,1-2H3. The molecule has 2 amide bonds. The van der Waals surface area contributed by atoms with E-state index in [-0.39, 0.29) is 17.5 Å². The number of rotatable bonds is 2. The number of nitrogens with zero attached hydrogens (tertiary/aromatic N) is 1. The van der Waals surface area contributed by atoms with Crippen LogP contribution in [0.1, 0.15) is 61.6 Å². The Labute approximate surface area is 143 Å². The molecule has 2 aliphatic rings. The predicted octanol–water partition coefficient (Wildman–Crippen LogP) is 4.05. The van der Waals surface area contributed by atoms with E-state index >= 15 is 0 Å². The molecule has 0 bridgehead atoms. The SMILES string of the molecule is Cc1ccc(C2=C(O)C(=O)N(C3CCCCCCC3)C2=O)cc1C. The summed E-state index contributed by atoms with van der Waals surface area (Å²) in [5.74, 6) is -1.27. The molecule has 1 aromatic rings. The molecule has 1 aliphatic carbocycles. The highest BCUT2D eigenvalue weighted by Gasteiger charge is 2.42. The second-order valence-electron chi connectivity index (χ2n) is 7.00. The Balaban J connectivity index is 1.90. The van der Waals surface area contributed by atoms with Gasteiger partial charge in [-0.25, -0.2) is 0 Å². The average Bonchev–Trinajstić information content (AvgIpc) is 2.73. The van der Waals surface area contributed by atoms with Crippen molar-refractivity contribution in [1.29, 1.82) is 0 Å². The van der Waals surface area contributed by atoms with E-state index in [1.807, 2.05) is 26.0 Å². The Kier molecular flexibility index (Phi) is 4.74. The van der Waals surface area contributed by atoms with Gasteiger partial charge in [-0.15, -0.1) is 0 Å². The van der Waals surface area contributed by atoms with Crippen molar-refractivity contribution in [3.63, 3.8) is 0 Å². The predicted molar refractivity (Wildman–Crippen MR) is 93.4 cm³/mol. The third-order valence-corrected chi connectivity index (χ3v) is 5.33. The molecule has 4 nitrogen and oxygen atoms in total. The average molecular weight is 327 g/mol.